The minimum atomic E-state index is -4.46. The summed E-state index contributed by atoms with van der Waals surface area (Å²) in [6, 6.07) is 5.15. The van der Waals surface area contributed by atoms with Crippen molar-refractivity contribution in [2.24, 2.45) is 0 Å². The number of benzene rings is 1. The molecule has 164 valence electrons. The molecule has 1 aliphatic heterocycles. The molecule has 0 spiro atoms. The van der Waals surface area contributed by atoms with Gasteiger partial charge in [0.15, 0.2) is 5.65 Å². The van der Waals surface area contributed by atoms with Crippen LogP contribution in [-0.4, -0.2) is 52.3 Å². The average Bonchev–Trinajstić information content (AvgIpc) is 3.20. The van der Waals surface area contributed by atoms with E-state index in [1.54, 1.807) is 31.3 Å². The molecule has 0 saturated carbocycles. The standard InChI is InChI=1S/C21H23F3N6O/c1-13-7-15(21(22,23)24)10-16(8-13)27-20(31)29(2)17-3-5-30(6-4-17)18-9-14-11-26-28-19(14)25-12-18/h7-12,17H,3-6H2,1-2H3,(H,27,31)(H,25,26,28). The predicted molar refractivity (Wildman–Crippen MR) is 112 cm³/mol. The number of nitrogens with zero attached hydrogens (tertiary/aromatic N) is 4. The van der Waals surface area contributed by atoms with E-state index in [2.05, 4.69) is 25.4 Å². The summed E-state index contributed by atoms with van der Waals surface area (Å²) in [6.45, 7) is 3.06. The van der Waals surface area contributed by atoms with Gasteiger partial charge in [0.05, 0.1) is 23.6 Å². The molecule has 1 aromatic carbocycles. The van der Waals surface area contributed by atoms with Crippen molar-refractivity contribution in [1.82, 2.24) is 20.1 Å². The number of hydrogen-bond donors (Lipinski definition) is 2. The Kier molecular flexibility index (Phi) is 5.47. The molecule has 4 rings (SSSR count). The number of aromatic nitrogens is 3. The predicted octanol–water partition coefficient (Wildman–Crippen LogP) is 4.42. The third kappa shape index (κ3) is 4.57. The maximum Gasteiger partial charge on any atom is 0.416 e. The summed E-state index contributed by atoms with van der Waals surface area (Å²) >= 11 is 0. The molecule has 2 amide bonds. The number of urea groups is 1. The number of fused-ring (bicyclic) bond motifs is 1. The van der Waals surface area contributed by atoms with Crippen molar-refractivity contribution in [3.8, 4) is 0 Å². The first-order chi connectivity index (χ1) is 14.7. The molecule has 0 unspecified atom stereocenters. The molecule has 2 N–H and O–H groups in total. The number of rotatable bonds is 3. The van der Waals surface area contributed by atoms with Gasteiger partial charge in [-0.25, -0.2) is 9.78 Å². The third-order valence-electron chi connectivity index (χ3n) is 5.63. The lowest BCUT2D eigenvalue weighted by atomic mass is 10.0. The number of hydrogen-bond acceptors (Lipinski definition) is 4. The number of anilines is 2. The zero-order chi connectivity index (χ0) is 22.2. The van der Waals surface area contributed by atoms with Gasteiger partial charge in [-0.2, -0.15) is 18.3 Å². The van der Waals surface area contributed by atoms with E-state index in [1.165, 1.54) is 6.07 Å². The Morgan fingerprint density at radius 1 is 1.19 bits per heavy atom. The lowest BCUT2D eigenvalue weighted by Crippen LogP contribution is -2.47. The SMILES string of the molecule is Cc1cc(NC(=O)N(C)C2CCN(c3cnc4[nH]ncc4c3)CC2)cc(C(F)(F)F)c1. The number of alkyl halides is 3. The summed E-state index contributed by atoms with van der Waals surface area (Å²) in [5.74, 6) is 0. The van der Waals surface area contributed by atoms with E-state index in [4.69, 9.17) is 0 Å². The molecular weight excluding hydrogens is 409 g/mol. The van der Waals surface area contributed by atoms with Gasteiger partial charge in [-0.1, -0.05) is 0 Å². The molecule has 7 nitrogen and oxygen atoms in total. The zero-order valence-corrected chi connectivity index (χ0v) is 17.2. The van der Waals surface area contributed by atoms with E-state index in [0.717, 1.165) is 54.8 Å². The van der Waals surface area contributed by atoms with Crippen molar-refractivity contribution in [3.63, 3.8) is 0 Å². The molecule has 10 heteroatoms. The van der Waals surface area contributed by atoms with Crippen LogP contribution in [0.3, 0.4) is 0 Å². The van der Waals surface area contributed by atoms with Gasteiger partial charge >= 0.3 is 12.2 Å². The van der Waals surface area contributed by atoms with Crippen LogP contribution in [0.4, 0.5) is 29.3 Å². The molecule has 1 aliphatic rings. The summed E-state index contributed by atoms with van der Waals surface area (Å²) in [5, 5.41) is 10.4. The second-order valence-corrected chi connectivity index (χ2v) is 7.85. The van der Waals surface area contributed by atoms with Crippen LogP contribution in [0.5, 0.6) is 0 Å². The van der Waals surface area contributed by atoms with Gasteiger partial charge in [0.2, 0.25) is 0 Å². The fraction of sp³-hybridized carbons (Fsp3) is 0.381. The topological polar surface area (TPSA) is 77.2 Å². The van der Waals surface area contributed by atoms with Gasteiger partial charge < -0.3 is 15.1 Å². The smallest absolute Gasteiger partial charge is 0.370 e. The lowest BCUT2D eigenvalue weighted by molar-refractivity contribution is -0.137. The average molecular weight is 432 g/mol. The van der Waals surface area contributed by atoms with Crippen LogP contribution < -0.4 is 10.2 Å². The maximum absolute atomic E-state index is 13.0. The van der Waals surface area contributed by atoms with Crippen molar-refractivity contribution in [2.45, 2.75) is 32.0 Å². The molecule has 0 atom stereocenters. The largest absolute Gasteiger partial charge is 0.416 e. The molecular formula is C21H23F3N6O. The highest BCUT2D eigenvalue weighted by Gasteiger charge is 2.31. The Balaban J connectivity index is 1.37. The van der Waals surface area contributed by atoms with E-state index < -0.39 is 17.8 Å². The fourth-order valence-corrected chi connectivity index (χ4v) is 3.91. The second kappa shape index (κ2) is 8.09. The first-order valence-electron chi connectivity index (χ1n) is 9.97. The van der Waals surface area contributed by atoms with Crippen molar-refractivity contribution >= 4 is 28.4 Å². The van der Waals surface area contributed by atoms with Crippen molar-refractivity contribution < 1.29 is 18.0 Å². The number of carbonyl (C=O) groups excluding carboxylic acids is 1. The van der Waals surface area contributed by atoms with Crippen molar-refractivity contribution in [1.29, 1.82) is 0 Å². The molecule has 3 aromatic rings. The van der Waals surface area contributed by atoms with Crippen LogP contribution in [0.1, 0.15) is 24.0 Å². The van der Waals surface area contributed by atoms with Gasteiger partial charge in [-0.15, -0.1) is 0 Å². The highest BCUT2D eigenvalue weighted by Crippen LogP contribution is 2.32. The number of halogens is 3. The molecule has 0 radical (unpaired) electrons. The van der Waals surface area contributed by atoms with Gasteiger partial charge in [-0.05, 0) is 49.6 Å². The van der Waals surface area contributed by atoms with E-state index in [0.29, 0.717) is 5.56 Å². The highest BCUT2D eigenvalue weighted by molar-refractivity contribution is 5.89. The van der Waals surface area contributed by atoms with Crippen LogP contribution in [0.25, 0.3) is 11.0 Å². The quantitative estimate of drug-likeness (QED) is 0.643. The number of piperidine rings is 1. The summed E-state index contributed by atoms with van der Waals surface area (Å²) in [7, 11) is 1.68. The number of nitrogens with one attached hydrogen (secondary N) is 2. The minimum absolute atomic E-state index is 0.00578. The molecule has 1 saturated heterocycles. The van der Waals surface area contributed by atoms with Crippen molar-refractivity contribution in [3.05, 3.63) is 47.8 Å². The first-order valence-corrected chi connectivity index (χ1v) is 9.97. The van der Waals surface area contributed by atoms with E-state index in [-0.39, 0.29) is 11.7 Å². The number of carbonyl (C=O) groups is 1. The molecule has 31 heavy (non-hydrogen) atoms. The van der Waals surface area contributed by atoms with E-state index in [1.807, 2.05) is 6.07 Å². The number of aryl methyl sites for hydroxylation is 1. The summed E-state index contributed by atoms with van der Waals surface area (Å²) in [4.78, 5) is 20.8. The van der Waals surface area contributed by atoms with Gasteiger partial charge in [0, 0.05) is 37.3 Å². The van der Waals surface area contributed by atoms with E-state index in [9.17, 15) is 18.0 Å². The maximum atomic E-state index is 13.0. The monoisotopic (exact) mass is 432 g/mol. The molecule has 0 bridgehead atoms. The first kappa shape index (κ1) is 21.0. The Morgan fingerprint density at radius 3 is 2.65 bits per heavy atom. The van der Waals surface area contributed by atoms with Crippen LogP contribution in [0.2, 0.25) is 0 Å². The second-order valence-electron chi connectivity index (χ2n) is 7.85. The van der Waals surface area contributed by atoms with Crippen LogP contribution in [-0.2, 0) is 6.18 Å². The van der Waals surface area contributed by atoms with Gasteiger partial charge in [0.25, 0.3) is 0 Å². The number of amides is 2. The Morgan fingerprint density at radius 2 is 1.94 bits per heavy atom. The Hall–Kier alpha value is -3.30. The van der Waals surface area contributed by atoms with Crippen LogP contribution in [0, 0.1) is 6.92 Å². The Bertz CT molecular complexity index is 1090. The summed E-state index contributed by atoms with van der Waals surface area (Å²) in [5.41, 5.74) is 1.53. The van der Waals surface area contributed by atoms with Gasteiger partial charge in [0.1, 0.15) is 0 Å². The summed E-state index contributed by atoms with van der Waals surface area (Å²) in [6.07, 6.45) is 0.557. The molecule has 3 heterocycles. The summed E-state index contributed by atoms with van der Waals surface area (Å²) < 4.78 is 39.1. The van der Waals surface area contributed by atoms with Gasteiger partial charge in [-0.3, -0.25) is 5.10 Å². The highest BCUT2D eigenvalue weighted by atomic mass is 19.4. The molecule has 2 aromatic heterocycles. The normalized spacial score (nSPS) is 15.3. The zero-order valence-electron chi connectivity index (χ0n) is 17.2. The van der Waals surface area contributed by atoms with Crippen LogP contribution >= 0.6 is 0 Å². The minimum Gasteiger partial charge on any atom is -0.370 e. The number of pyridine rings is 1. The third-order valence-corrected chi connectivity index (χ3v) is 5.63. The van der Waals surface area contributed by atoms with E-state index >= 15 is 0 Å². The molecule has 0 aliphatic carbocycles. The fourth-order valence-electron chi connectivity index (χ4n) is 3.91. The lowest BCUT2D eigenvalue weighted by Gasteiger charge is -2.37. The number of aromatic amines is 1. The van der Waals surface area contributed by atoms with Crippen LogP contribution in [0.15, 0.2) is 36.7 Å². The molecule has 1 fully saturated rings. The Labute approximate surface area is 177 Å². The number of H-pyrrole nitrogens is 1. The van der Waals surface area contributed by atoms with Crippen molar-refractivity contribution in [2.75, 3.05) is 30.4 Å².